The van der Waals surface area contributed by atoms with Crippen LogP contribution in [0, 0.1) is 13.8 Å². The van der Waals surface area contributed by atoms with E-state index in [0.717, 1.165) is 22.6 Å². The number of hydrogen-bond donors (Lipinski definition) is 2. The van der Waals surface area contributed by atoms with Gasteiger partial charge in [0.05, 0.1) is 17.6 Å². The second-order valence-electron chi connectivity index (χ2n) is 4.20. The predicted molar refractivity (Wildman–Crippen MR) is 76.4 cm³/mol. The molecular weight excluding hydrogens is 240 g/mol. The van der Waals surface area contributed by atoms with Gasteiger partial charge in [0.2, 0.25) is 5.96 Å². The van der Waals surface area contributed by atoms with E-state index in [-0.39, 0.29) is 5.96 Å². The average molecular weight is 256 g/mol. The highest BCUT2D eigenvalue weighted by Gasteiger charge is 2.02. The van der Waals surface area contributed by atoms with E-state index in [1.54, 1.807) is 6.21 Å². The van der Waals surface area contributed by atoms with Crippen molar-refractivity contribution in [1.29, 1.82) is 0 Å². The first-order chi connectivity index (χ1) is 9.06. The van der Waals surface area contributed by atoms with Gasteiger partial charge in [-0.25, -0.2) is 4.68 Å². The molecular formula is C13H16N6. The molecule has 0 aliphatic heterocycles. The highest BCUT2D eigenvalue weighted by Crippen LogP contribution is 2.12. The molecule has 6 heteroatoms. The average Bonchev–Trinajstić information content (AvgIpc) is 2.69. The molecule has 1 aromatic heterocycles. The maximum absolute atomic E-state index is 5.18. The Balaban J connectivity index is 2.21. The number of aromatic nitrogens is 2. The fourth-order valence-corrected chi connectivity index (χ4v) is 1.75. The Morgan fingerprint density at radius 1 is 1.21 bits per heavy atom. The Morgan fingerprint density at radius 3 is 2.42 bits per heavy atom. The second-order valence-corrected chi connectivity index (χ2v) is 4.20. The molecule has 0 aliphatic carbocycles. The summed E-state index contributed by atoms with van der Waals surface area (Å²) in [5, 5.41) is 11.7. The summed E-state index contributed by atoms with van der Waals surface area (Å²) in [5.74, 6) is -0.0597. The highest BCUT2D eigenvalue weighted by molar-refractivity contribution is 5.81. The van der Waals surface area contributed by atoms with Crippen molar-refractivity contribution in [3.63, 3.8) is 0 Å². The van der Waals surface area contributed by atoms with Crippen LogP contribution >= 0.6 is 0 Å². The molecule has 6 nitrogen and oxygen atoms in total. The van der Waals surface area contributed by atoms with Crippen LogP contribution in [0.2, 0.25) is 0 Å². The van der Waals surface area contributed by atoms with Crippen molar-refractivity contribution in [1.82, 2.24) is 9.78 Å². The van der Waals surface area contributed by atoms with Gasteiger partial charge in [-0.3, -0.25) is 0 Å². The molecule has 98 valence electrons. The number of hydrogen-bond acceptors (Lipinski definition) is 3. The van der Waals surface area contributed by atoms with Crippen molar-refractivity contribution in [2.75, 3.05) is 0 Å². The largest absolute Gasteiger partial charge is 0.369 e. The monoisotopic (exact) mass is 256 g/mol. The lowest BCUT2D eigenvalue weighted by Gasteiger charge is -2.04. The third-order valence-corrected chi connectivity index (χ3v) is 2.53. The third-order valence-electron chi connectivity index (χ3n) is 2.53. The van der Waals surface area contributed by atoms with Crippen molar-refractivity contribution in [2.24, 2.45) is 21.7 Å². The van der Waals surface area contributed by atoms with Crippen LogP contribution in [-0.4, -0.2) is 22.0 Å². The molecule has 2 aromatic rings. The summed E-state index contributed by atoms with van der Waals surface area (Å²) < 4.78 is 1.90. The Kier molecular flexibility index (Phi) is 3.61. The van der Waals surface area contributed by atoms with Gasteiger partial charge in [0.25, 0.3) is 0 Å². The van der Waals surface area contributed by atoms with Gasteiger partial charge in [-0.1, -0.05) is 12.1 Å². The van der Waals surface area contributed by atoms with Gasteiger partial charge < -0.3 is 11.5 Å². The maximum Gasteiger partial charge on any atom is 0.211 e. The Morgan fingerprint density at radius 2 is 1.89 bits per heavy atom. The van der Waals surface area contributed by atoms with Gasteiger partial charge in [-0.15, -0.1) is 5.10 Å². The highest BCUT2D eigenvalue weighted by atomic mass is 15.3. The molecule has 0 saturated heterocycles. The Hall–Kier alpha value is -2.63. The van der Waals surface area contributed by atoms with E-state index in [4.69, 9.17) is 11.5 Å². The lowest BCUT2D eigenvalue weighted by molar-refractivity contribution is 0.833. The van der Waals surface area contributed by atoms with Gasteiger partial charge in [0.1, 0.15) is 0 Å². The minimum atomic E-state index is -0.0597. The molecule has 0 spiro atoms. The molecule has 0 atom stereocenters. The fraction of sp³-hybridized carbons (Fsp3) is 0.154. The molecule has 0 aliphatic rings. The van der Waals surface area contributed by atoms with Crippen LogP contribution in [-0.2, 0) is 0 Å². The van der Waals surface area contributed by atoms with E-state index >= 15 is 0 Å². The zero-order valence-corrected chi connectivity index (χ0v) is 10.9. The van der Waals surface area contributed by atoms with Crippen LogP contribution in [0.15, 0.2) is 40.5 Å². The van der Waals surface area contributed by atoms with Crippen LogP contribution in [0.5, 0.6) is 0 Å². The topological polar surface area (TPSA) is 94.6 Å². The summed E-state index contributed by atoms with van der Waals surface area (Å²) in [5.41, 5.74) is 14.4. The molecule has 0 unspecified atom stereocenters. The van der Waals surface area contributed by atoms with Gasteiger partial charge >= 0.3 is 0 Å². The molecule has 0 saturated carbocycles. The van der Waals surface area contributed by atoms with Crippen LogP contribution in [0.3, 0.4) is 0 Å². The zero-order valence-electron chi connectivity index (χ0n) is 10.9. The fourth-order valence-electron chi connectivity index (χ4n) is 1.75. The molecule has 4 N–H and O–H groups in total. The number of guanidine groups is 1. The summed E-state index contributed by atoms with van der Waals surface area (Å²) >= 11 is 0. The van der Waals surface area contributed by atoms with E-state index in [2.05, 4.69) is 15.3 Å². The first kappa shape index (κ1) is 12.8. The number of nitrogens with zero attached hydrogens (tertiary/aromatic N) is 4. The van der Waals surface area contributed by atoms with Crippen LogP contribution in [0.1, 0.15) is 17.0 Å². The predicted octanol–water partition coefficient (Wildman–Crippen LogP) is 1.10. The van der Waals surface area contributed by atoms with Gasteiger partial charge in [-0.05, 0) is 37.6 Å². The van der Waals surface area contributed by atoms with E-state index in [1.165, 1.54) is 0 Å². The quantitative estimate of drug-likeness (QED) is 0.489. The van der Waals surface area contributed by atoms with E-state index in [1.807, 2.05) is 48.9 Å². The van der Waals surface area contributed by atoms with Crippen molar-refractivity contribution < 1.29 is 0 Å². The van der Waals surface area contributed by atoms with Crippen molar-refractivity contribution in [3.05, 3.63) is 47.3 Å². The first-order valence-electron chi connectivity index (χ1n) is 5.82. The summed E-state index contributed by atoms with van der Waals surface area (Å²) in [7, 11) is 0. The van der Waals surface area contributed by atoms with Crippen LogP contribution in [0.25, 0.3) is 5.69 Å². The second kappa shape index (κ2) is 5.34. The third kappa shape index (κ3) is 3.19. The van der Waals surface area contributed by atoms with Gasteiger partial charge in [0.15, 0.2) is 0 Å². The van der Waals surface area contributed by atoms with E-state index in [0.29, 0.717) is 0 Å². The van der Waals surface area contributed by atoms with E-state index in [9.17, 15) is 0 Å². The number of aryl methyl sites for hydroxylation is 2. The van der Waals surface area contributed by atoms with E-state index < -0.39 is 0 Å². The van der Waals surface area contributed by atoms with Gasteiger partial charge in [-0.2, -0.15) is 10.2 Å². The van der Waals surface area contributed by atoms with Crippen LogP contribution < -0.4 is 11.5 Å². The number of benzene rings is 1. The van der Waals surface area contributed by atoms with Gasteiger partial charge in [0, 0.05) is 5.69 Å². The number of rotatable bonds is 3. The SMILES string of the molecule is Cc1cc(C)n(-c2ccc(C=NN=C(N)N)cc2)n1. The summed E-state index contributed by atoms with van der Waals surface area (Å²) in [6.45, 7) is 3.99. The lowest BCUT2D eigenvalue weighted by atomic mass is 10.2. The molecule has 1 heterocycles. The molecule has 2 rings (SSSR count). The standard InChI is InChI=1S/C13H16N6/c1-9-7-10(2)19(18-9)12-5-3-11(4-6-12)8-16-17-13(14)15/h3-8H,1-2H3,(H4,14,15,17). The normalized spacial score (nSPS) is 10.8. The zero-order chi connectivity index (χ0) is 13.8. The van der Waals surface area contributed by atoms with Crippen molar-refractivity contribution in [2.45, 2.75) is 13.8 Å². The lowest BCUT2D eigenvalue weighted by Crippen LogP contribution is -2.21. The van der Waals surface area contributed by atoms with Crippen LogP contribution in [0.4, 0.5) is 0 Å². The summed E-state index contributed by atoms with van der Waals surface area (Å²) in [6, 6.07) is 9.83. The molecule has 0 fully saturated rings. The minimum absolute atomic E-state index is 0.0597. The van der Waals surface area contributed by atoms with Crippen molar-refractivity contribution >= 4 is 12.2 Å². The number of nitrogens with two attached hydrogens (primary N) is 2. The Bertz CT molecular complexity index is 617. The Labute approximate surface area is 111 Å². The molecule has 0 radical (unpaired) electrons. The summed E-state index contributed by atoms with van der Waals surface area (Å²) in [6.07, 6.45) is 1.59. The molecule has 0 bridgehead atoms. The molecule has 0 amide bonds. The smallest absolute Gasteiger partial charge is 0.211 e. The first-order valence-corrected chi connectivity index (χ1v) is 5.82. The maximum atomic E-state index is 5.18. The summed E-state index contributed by atoms with van der Waals surface area (Å²) in [4.78, 5) is 0. The molecule has 19 heavy (non-hydrogen) atoms. The minimum Gasteiger partial charge on any atom is -0.369 e. The van der Waals surface area contributed by atoms with Crippen molar-refractivity contribution in [3.8, 4) is 5.69 Å². The molecule has 1 aromatic carbocycles.